The minimum Gasteiger partial charge on any atom is -0.508 e. The third-order valence-corrected chi connectivity index (χ3v) is 2.14. The van der Waals surface area contributed by atoms with Crippen molar-refractivity contribution in [1.29, 1.82) is 0 Å². The number of hydrogen-bond donors (Lipinski definition) is 2. The van der Waals surface area contributed by atoms with Gasteiger partial charge in [0.15, 0.2) is 0 Å². The van der Waals surface area contributed by atoms with Crippen LogP contribution in [0.25, 0.3) is 16.8 Å². The van der Waals surface area contributed by atoms with Gasteiger partial charge in [-0.2, -0.15) is 0 Å². The first kappa shape index (κ1) is 10.2. The number of carbonyl (C=O) groups excluding carboxylic acids is 1. The van der Waals surface area contributed by atoms with Gasteiger partial charge in [-0.25, -0.2) is 0 Å². The molecule has 0 aliphatic rings. The number of aromatic hydroxyl groups is 1. The van der Waals surface area contributed by atoms with Crippen molar-refractivity contribution < 1.29 is 9.90 Å². The molecule has 4 nitrogen and oxygen atoms in total. The van der Waals surface area contributed by atoms with Crippen LogP contribution in [-0.2, 0) is 4.79 Å². The Morgan fingerprint density at radius 3 is 2.94 bits per heavy atom. The molecule has 0 unspecified atom stereocenters. The number of hydrogen-bond acceptors (Lipinski definition) is 3. The topological polar surface area (TPSA) is 62.2 Å². The summed E-state index contributed by atoms with van der Waals surface area (Å²) in [4.78, 5) is 14.2. The van der Waals surface area contributed by atoms with Crippen LogP contribution in [-0.4, -0.2) is 16.5 Å². The molecule has 2 aromatic rings. The fourth-order valence-electron chi connectivity index (χ4n) is 1.41. The predicted molar refractivity (Wildman–Crippen MR) is 61.6 cm³/mol. The first-order valence-electron chi connectivity index (χ1n) is 4.74. The van der Waals surface area contributed by atoms with Gasteiger partial charge in [0.2, 0.25) is 6.41 Å². The third kappa shape index (κ3) is 2.17. The molecule has 2 N–H and O–H groups in total. The summed E-state index contributed by atoms with van der Waals surface area (Å²) in [6.45, 7) is 0. The number of phenolic OH excluding ortho intramolecular Hbond substituents is 1. The molecule has 1 amide bonds. The van der Waals surface area contributed by atoms with Crippen LogP contribution in [0.4, 0.5) is 0 Å². The maximum Gasteiger partial charge on any atom is 0.211 e. The van der Waals surface area contributed by atoms with Crippen LogP contribution < -0.4 is 5.32 Å². The Morgan fingerprint density at radius 2 is 2.12 bits per heavy atom. The highest BCUT2D eigenvalue weighted by Crippen LogP contribution is 2.19. The largest absolute Gasteiger partial charge is 0.508 e. The standard InChI is InChI=1S/C12H10N2O2/c15-8-13-4-3-11-5-9-1-2-12(16)6-10(9)7-14-11/h1-8,16H,(H,13,15)/b4-3+. The van der Waals surface area contributed by atoms with E-state index in [2.05, 4.69) is 10.3 Å². The van der Waals surface area contributed by atoms with Crippen molar-refractivity contribution in [3.8, 4) is 5.75 Å². The van der Waals surface area contributed by atoms with E-state index in [9.17, 15) is 9.90 Å². The predicted octanol–water partition coefficient (Wildman–Crippen LogP) is 1.66. The van der Waals surface area contributed by atoms with Crippen LogP contribution in [0.3, 0.4) is 0 Å². The second kappa shape index (κ2) is 4.44. The average Bonchev–Trinajstić information content (AvgIpc) is 2.29. The van der Waals surface area contributed by atoms with E-state index in [-0.39, 0.29) is 5.75 Å². The molecule has 1 aromatic carbocycles. The molecule has 0 atom stereocenters. The van der Waals surface area contributed by atoms with Crippen LogP contribution in [0.1, 0.15) is 5.69 Å². The molecule has 0 aliphatic carbocycles. The number of nitrogens with one attached hydrogen (secondary N) is 1. The number of phenols is 1. The minimum absolute atomic E-state index is 0.222. The molecule has 0 radical (unpaired) electrons. The lowest BCUT2D eigenvalue weighted by Crippen LogP contribution is -1.98. The highest BCUT2D eigenvalue weighted by Gasteiger charge is 1.96. The minimum atomic E-state index is 0.222. The number of rotatable bonds is 3. The van der Waals surface area contributed by atoms with Gasteiger partial charge in [0.1, 0.15) is 5.75 Å². The van der Waals surface area contributed by atoms with E-state index in [0.29, 0.717) is 6.41 Å². The van der Waals surface area contributed by atoms with Gasteiger partial charge in [-0.05, 0) is 29.7 Å². The first-order chi connectivity index (χ1) is 7.79. The monoisotopic (exact) mass is 214 g/mol. The Balaban J connectivity index is 2.36. The number of nitrogens with zero attached hydrogens (tertiary/aromatic N) is 1. The Hall–Kier alpha value is -2.36. The van der Waals surface area contributed by atoms with E-state index in [1.807, 2.05) is 12.1 Å². The highest BCUT2D eigenvalue weighted by molar-refractivity contribution is 5.84. The zero-order chi connectivity index (χ0) is 11.4. The van der Waals surface area contributed by atoms with Crippen molar-refractivity contribution in [2.75, 3.05) is 0 Å². The average molecular weight is 214 g/mol. The summed E-state index contributed by atoms with van der Waals surface area (Å²) >= 11 is 0. The fourth-order valence-corrected chi connectivity index (χ4v) is 1.41. The molecule has 16 heavy (non-hydrogen) atoms. The van der Waals surface area contributed by atoms with E-state index < -0.39 is 0 Å². The molecule has 0 saturated carbocycles. The summed E-state index contributed by atoms with van der Waals surface area (Å²) < 4.78 is 0. The van der Waals surface area contributed by atoms with Gasteiger partial charge in [-0.15, -0.1) is 0 Å². The van der Waals surface area contributed by atoms with Crippen LogP contribution in [0.5, 0.6) is 5.75 Å². The van der Waals surface area contributed by atoms with Crippen LogP contribution in [0.15, 0.2) is 36.7 Å². The zero-order valence-corrected chi connectivity index (χ0v) is 8.42. The highest BCUT2D eigenvalue weighted by atomic mass is 16.3. The van der Waals surface area contributed by atoms with Gasteiger partial charge < -0.3 is 10.4 Å². The van der Waals surface area contributed by atoms with Crippen molar-refractivity contribution in [2.24, 2.45) is 0 Å². The van der Waals surface area contributed by atoms with E-state index in [1.165, 1.54) is 6.20 Å². The van der Waals surface area contributed by atoms with Crippen molar-refractivity contribution in [2.45, 2.75) is 0 Å². The smallest absolute Gasteiger partial charge is 0.211 e. The van der Waals surface area contributed by atoms with Gasteiger partial charge in [0.05, 0.1) is 5.69 Å². The van der Waals surface area contributed by atoms with Gasteiger partial charge in [-0.1, -0.05) is 6.07 Å². The van der Waals surface area contributed by atoms with E-state index in [0.717, 1.165) is 16.5 Å². The second-order valence-corrected chi connectivity index (χ2v) is 3.26. The maximum absolute atomic E-state index is 10.0. The van der Waals surface area contributed by atoms with Gasteiger partial charge >= 0.3 is 0 Å². The van der Waals surface area contributed by atoms with Crippen LogP contribution in [0, 0.1) is 0 Å². The Kier molecular flexibility index (Phi) is 2.82. The molecule has 0 saturated heterocycles. The Labute approximate surface area is 92.2 Å². The quantitative estimate of drug-likeness (QED) is 0.764. The Bertz CT molecular complexity index is 550. The number of amides is 1. The van der Waals surface area contributed by atoms with Gasteiger partial charge in [0.25, 0.3) is 0 Å². The molecule has 2 rings (SSSR count). The summed E-state index contributed by atoms with van der Waals surface area (Å²) in [5.41, 5.74) is 0.743. The Morgan fingerprint density at radius 1 is 1.25 bits per heavy atom. The van der Waals surface area contributed by atoms with Gasteiger partial charge in [-0.3, -0.25) is 9.78 Å². The zero-order valence-electron chi connectivity index (χ0n) is 8.42. The summed E-state index contributed by atoms with van der Waals surface area (Å²) in [7, 11) is 0. The molecule has 1 aromatic heterocycles. The number of carbonyl (C=O) groups is 1. The first-order valence-corrected chi connectivity index (χ1v) is 4.74. The summed E-state index contributed by atoms with van der Waals surface area (Å²) in [6, 6.07) is 6.97. The third-order valence-electron chi connectivity index (χ3n) is 2.14. The van der Waals surface area contributed by atoms with E-state index in [1.54, 1.807) is 24.4 Å². The molecule has 4 heteroatoms. The fraction of sp³-hybridized carbons (Fsp3) is 0. The normalized spacial score (nSPS) is 10.8. The molecule has 0 bridgehead atoms. The number of fused-ring (bicyclic) bond motifs is 1. The number of aromatic nitrogens is 1. The number of benzene rings is 1. The maximum atomic E-state index is 10.0. The van der Waals surface area contributed by atoms with Crippen molar-refractivity contribution in [1.82, 2.24) is 10.3 Å². The lowest BCUT2D eigenvalue weighted by molar-refractivity contribution is -0.108. The molecule has 0 fully saturated rings. The molecule has 0 spiro atoms. The van der Waals surface area contributed by atoms with Crippen molar-refractivity contribution in [3.05, 3.63) is 42.4 Å². The summed E-state index contributed by atoms with van der Waals surface area (Å²) in [5, 5.41) is 13.6. The second-order valence-electron chi connectivity index (χ2n) is 3.26. The van der Waals surface area contributed by atoms with Crippen LogP contribution >= 0.6 is 0 Å². The van der Waals surface area contributed by atoms with E-state index in [4.69, 9.17) is 0 Å². The summed E-state index contributed by atoms with van der Waals surface area (Å²) in [6.07, 6.45) is 5.48. The lowest BCUT2D eigenvalue weighted by Gasteiger charge is -1.99. The molecule has 0 aliphatic heterocycles. The molecule has 80 valence electrons. The van der Waals surface area contributed by atoms with E-state index >= 15 is 0 Å². The lowest BCUT2D eigenvalue weighted by atomic mass is 10.1. The molecular weight excluding hydrogens is 204 g/mol. The van der Waals surface area contributed by atoms with Gasteiger partial charge in [0, 0.05) is 17.8 Å². The molecular formula is C12H10N2O2. The molecule has 1 heterocycles. The summed E-state index contributed by atoms with van der Waals surface area (Å²) in [5.74, 6) is 0.222. The van der Waals surface area contributed by atoms with Crippen molar-refractivity contribution in [3.63, 3.8) is 0 Å². The number of pyridine rings is 1. The van der Waals surface area contributed by atoms with Crippen LogP contribution in [0.2, 0.25) is 0 Å². The van der Waals surface area contributed by atoms with Crippen molar-refractivity contribution >= 4 is 23.3 Å². The SMILES string of the molecule is O=CN/C=C/c1cc2ccc(O)cc2cn1.